The van der Waals surface area contributed by atoms with Crippen molar-refractivity contribution in [2.24, 2.45) is 11.7 Å². The van der Waals surface area contributed by atoms with Gasteiger partial charge in [0.15, 0.2) is 0 Å². The van der Waals surface area contributed by atoms with Crippen LogP contribution in [0.1, 0.15) is 111 Å². The summed E-state index contributed by atoms with van der Waals surface area (Å²) in [6, 6.07) is 5.45. The lowest BCUT2D eigenvalue weighted by Crippen LogP contribution is -2.58. The van der Waals surface area contributed by atoms with Crippen LogP contribution in [0.15, 0.2) is 48.5 Å². The van der Waals surface area contributed by atoms with Gasteiger partial charge in [-0.05, 0) is 75.8 Å². The maximum absolute atomic E-state index is 14.6. The zero-order valence-corrected chi connectivity index (χ0v) is 33.2. The predicted octanol–water partition coefficient (Wildman–Crippen LogP) is 2.30. The van der Waals surface area contributed by atoms with Gasteiger partial charge in [0.25, 0.3) is 11.8 Å². The van der Waals surface area contributed by atoms with Crippen LogP contribution in [0.2, 0.25) is 0 Å². The van der Waals surface area contributed by atoms with Crippen LogP contribution in [0.25, 0.3) is 0 Å². The number of nitrogens with one attached hydrogen (secondary N) is 4. The lowest BCUT2D eigenvalue weighted by Gasteiger charge is -2.35. The van der Waals surface area contributed by atoms with E-state index >= 15 is 0 Å². The summed E-state index contributed by atoms with van der Waals surface area (Å²) in [7, 11) is 0. The van der Waals surface area contributed by atoms with Gasteiger partial charge in [0.1, 0.15) is 23.9 Å². The molecule has 58 heavy (non-hydrogen) atoms. The second-order valence-corrected chi connectivity index (χ2v) is 15.6. The Bertz CT molecular complexity index is 1880. The molecule has 6 amide bonds. The smallest absolute Gasteiger partial charge is 0.336 e. The number of carbonyl (C=O) groups excluding carboxylic acids is 7. The monoisotopic (exact) mass is 808 g/mol. The summed E-state index contributed by atoms with van der Waals surface area (Å²) >= 11 is 0. The maximum Gasteiger partial charge on any atom is 0.336 e. The van der Waals surface area contributed by atoms with E-state index in [-0.39, 0.29) is 42.0 Å². The number of Topliss-reactive ketones (excluding diaryl/α,β-unsaturated/α-hetero) is 1. The minimum atomic E-state index is -1.42. The Morgan fingerprint density at radius 3 is 2.21 bits per heavy atom. The maximum atomic E-state index is 14.6. The van der Waals surface area contributed by atoms with Crippen LogP contribution in [0, 0.1) is 11.7 Å². The molecule has 7 N–H and O–H groups in total. The van der Waals surface area contributed by atoms with E-state index in [1.807, 2.05) is 20.8 Å². The molecule has 0 aromatic heterocycles. The van der Waals surface area contributed by atoms with Gasteiger partial charge in [-0.1, -0.05) is 56.9 Å². The van der Waals surface area contributed by atoms with Crippen LogP contribution in [0.4, 0.5) is 4.39 Å². The van der Waals surface area contributed by atoms with Crippen molar-refractivity contribution in [3.8, 4) is 0 Å². The van der Waals surface area contributed by atoms with Crippen LogP contribution >= 0.6 is 0 Å². The average Bonchev–Trinajstić information content (AvgIpc) is 3.59. The van der Waals surface area contributed by atoms with Gasteiger partial charge in [-0.15, -0.1) is 0 Å². The number of carboxylic acid groups (broad SMARTS) is 1. The second kappa shape index (κ2) is 20.1. The first-order valence-corrected chi connectivity index (χ1v) is 19.5. The highest BCUT2D eigenvalue weighted by Gasteiger charge is 2.46. The molecule has 0 spiro atoms. The molecule has 2 aromatic rings. The molecule has 314 valence electrons. The number of likely N-dealkylation sites (tertiary alicyclic amines) is 1. The Labute approximate surface area is 336 Å². The molecule has 1 saturated carbocycles. The number of primary amides is 1. The Hall–Kier alpha value is -5.71. The van der Waals surface area contributed by atoms with Crippen molar-refractivity contribution in [3.05, 3.63) is 71.0 Å². The van der Waals surface area contributed by atoms with Crippen LogP contribution in [-0.4, -0.2) is 100 Å². The molecular formula is C41H53FN6O10. The van der Waals surface area contributed by atoms with E-state index < -0.39 is 95.4 Å². The summed E-state index contributed by atoms with van der Waals surface area (Å²) in [4.78, 5) is 107. The molecule has 2 aliphatic rings. The summed E-state index contributed by atoms with van der Waals surface area (Å²) in [5.74, 6) is -8.51. The summed E-state index contributed by atoms with van der Waals surface area (Å²) in [5, 5.41) is 19.6. The van der Waals surface area contributed by atoms with Crippen molar-refractivity contribution in [3.63, 3.8) is 0 Å². The third-order valence-electron chi connectivity index (χ3n) is 10.1. The fraction of sp³-hybridized carbons (Fsp3) is 0.512. The first kappa shape index (κ1) is 45.0. The van der Waals surface area contributed by atoms with Crippen LogP contribution in [-0.2, 0) is 33.5 Å². The molecule has 16 nitrogen and oxygen atoms in total. The SMILES string of the molecule is CCCC(NC(=O)[C@@H]1C[C@@H](OC(C)(C)C)CN1C(=O)[C@@H](NC(=O)c1ccccc1C(=O)O)C1CCCCC1)C(=O)C(=O)NCC(=O)NC(C(N)=O)c1cccc(F)c1. The van der Waals surface area contributed by atoms with Gasteiger partial charge in [0.2, 0.25) is 29.4 Å². The number of carboxylic acids is 1. The molecule has 1 aliphatic heterocycles. The van der Waals surface area contributed by atoms with E-state index in [1.54, 1.807) is 6.92 Å². The molecule has 0 bridgehead atoms. The van der Waals surface area contributed by atoms with Gasteiger partial charge in [-0.25, -0.2) is 9.18 Å². The molecule has 2 fully saturated rings. The lowest BCUT2D eigenvalue weighted by molar-refractivity contribution is -0.143. The number of ketones is 1. The van der Waals surface area contributed by atoms with Crippen molar-refractivity contribution in [2.45, 2.75) is 115 Å². The standard InChI is InChI=1S/C41H53FN6O10/c1-5-12-29(34(50)38(54)44-21-31(49)46-32(35(43)51)24-15-11-16-25(42)19-24)45-37(53)30-20-26(58-41(2,3)4)22-48(30)39(55)33(23-13-7-6-8-14-23)47-36(52)27-17-9-10-18-28(27)40(56)57/h9-11,15-19,23,26,29-30,32-33H,5-8,12-14,20-22H2,1-4H3,(H2,43,51)(H,44,54)(H,45,53)(H,46,49)(H,47,52)(H,56,57)/t26-,29?,30+,32?,33+/m1/s1. The van der Waals surface area contributed by atoms with Crippen LogP contribution in [0.3, 0.4) is 0 Å². The third kappa shape index (κ3) is 12.1. The number of rotatable bonds is 17. The Morgan fingerprint density at radius 2 is 1.60 bits per heavy atom. The fourth-order valence-electron chi connectivity index (χ4n) is 7.44. The van der Waals surface area contributed by atoms with Crippen molar-refractivity contribution in [1.29, 1.82) is 0 Å². The summed E-state index contributed by atoms with van der Waals surface area (Å²) in [5.41, 5.74) is 4.45. The van der Waals surface area contributed by atoms with Crippen molar-refractivity contribution < 1.29 is 52.6 Å². The van der Waals surface area contributed by atoms with Gasteiger partial charge < -0.3 is 41.7 Å². The van der Waals surface area contributed by atoms with Gasteiger partial charge in [-0.3, -0.25) is 33.6 Å². The van der Waals surface area contributed by atoms with E-state index in [9.17, 15) is 47.9 Å². The third-order valence-corrected chi connectivity index (χ3v) is 10.1. The molecule has 0 radical (unpaired) electrons. The number of halogens is 1. The second-order valence-electron chi connectivity index (χ2n) is 15.6. The van der Waals surface area contributed by atoms with Crippen molar-refractivity contribution in [1.82, 2.24) is 26.2 Å². The van der Waals surface area contributed by atoms with E-state index in [1.165, 1.54) is 41.3 Å². The molecule has 5 atom stereocenters. The number of nitrogens with zero attached hydrogens (tertiary/aromatic N) is 1. The Kier molecular flexibility index (Phi) is 15.6. The van der Waals surface area contributed by atoms with E-state index in [2.05, 4.69) is 21.3 Å². The van der Waals surface area contributed by atoms with Gasteiger partial charge in [0, 0.05) is 13.0 Å². The molecule has 2 unspecified atom stereocenters. The van der Waals surface area contributed by atoms with E-state index in [4.69, 9.17) is 10.5 Å². The van der Waals surface area contributed by atoms with E-state index in [0.717, 1.165) is 31.4 Å². The fourth-order valence-corrected chi connectivity index (χ4v) is 7.44. The van der Waals surface area contributed by atoms with Gasteiger partial charge >= 0.3 is 5.97 Å². The Balaban J connectivity index is 1.52. The highest BCUT2D eigenvalue weighted by molar-refractivity contribution is 6.38. The molecular weight excluding hydrogens is 755 g/mol. The number of ether oxygens (including phenoxy) is 1. The lowest BCUT2D eigenvalue weighted by atomic mass is 9.83. The number of nitrogens with two attached hydrogens (primary N) is 1. The summed E-state index contributed by atoms with van der Waals surface area (Å²) < 4.78 is 20.0. The molecule has 1 saturated heterocycles. The van der Waals surface area contributed by atoms with Crippen molar-refractivity contribution in [2.75, 3.05) is 13.1 Å². The number of aromatic carboxylic acids is 1. The highest BCUT2D eigenvalue weighted by Crippen LogP contribution is 2.31. The summed E-state index contributed by atoms with van der Waals surface area (Å²) in [6.07, 6.45) is 3.57. The summed E-state index contributed by atoms with van der Waals surface area (Å²) in [6.45, 7) is 6.42. The molecule has 1 aliphatic carbocycles. The first-order chi connectivity index (χ1) is 27.4. The minimum absolute atomic E-state index is 0.0249. The van der Waals surface area contributed by atoms with Crippen LogP contribution in [0.5, 0.6) is 0 Å². The number of hydrogen-bond acceptors (Lipinski definition) is 9. The topological polar surface area (TPSA) is 243 Å². The normalized spacial score (nSPS) is 18.6. The Morgan fingerprint density at radius 1 is 0.931 bits per heavy atom. The quantitative estimate of drug-likeness (QED) is 0.127. The molecule has 1 heterocycles. The number of hydrogen-bond donors (Lipinski definition) is 6. The molecule has 4 rings (SSSR count). The predicted molar refractivity (Wildman–Crippen MR) is 207 cm³/mol. The molecule has 2 aromatic carbocycles. The zero-order valence-electron chi connectivity index (χ0n) is 33.2. The van der Waals surface area contributed by atoms with E-state index in [0.29, 0.717) is 19.3 Å². The minimum Gasteiger partial charge on any atom is -0.478 e. The number of benzene rings is 2. The number of carbonyl (C=O) groups is 8. The first-order valence-electron chi connectivity index (χ1n) is 19.5. The van der Waals surface area contributed by atoms with Crippen LogP contribution < -0.4 is 27.0 Å². The van der Waals surface area contributed by atoms with Gasteiger partial charge in [-0.2, -0.15) is 0 Å². The molecule has 17 heteroatoms. The largest absolute Gasteiger partial charge is 0.478 e. The number of amides is 6. The zero-order chi connectivity index (χ0) is 42.7. The van der Waals surface area contributed by atoms with Gasteiger partial charge in [0.05, 0.1) is 35.4 Å². The van der Waals surface area contributed by atoms with Crippen molar-refractivity contribution >= 4 is 47.2 Å². The highest BCUT2D eigenvalue weighted by atomic mass is 19.1. The average molecular weight is 809 g/mol.